The van der Waals surface area contributed by atoms with E-state index >= 15 is 0 Å². The molecule has 3 heteroatoms. The summed E-state index contributed by atoms with van der Waals surface area (Å²) in [6.45, 7) is 5.11. The van der Waals surface area contributed by atoms with E-state index in [0.717, 1.165) is 28.6 Å². The molecule has 1 aliphatic rings. The van der Waals surface area contributed by atoms with E-state index in [1.807, 2.05) is 18.2 Å². The number of aryl methyl sites for hydroxylation is 2. The predicted molar refractivity (Wildman–Crippen MR) is 90.0 cm³/mol. The van der Waals surface area contributed by atoms with Gasteiger partial charge < -0.3 is 10.1 Å². The smallest absolute Gasteiger partial charge is 0.130 e. The van der Waals surface area contributed by atoms with Crippen molar-refractivity contribution in [2.75, 3.05) is 0 Å². The van der Waals surface area contributed by atoms with Crippen molar-refractivity contribution < 1.29 is 4.74 Å². The van der Waals surface area contributed by atoms with Crippen molar-refractivity contribution in [2.24, 2.45) is 0 Å². The van der Waals surface area contributed by atoms with E-state index in [9.17, 15) is 0 Å². The lowest BCUT2D eigenvalue weighted by atomic mass is 10.1. The zero-order valence-corrected chi connectivity index (χ0v) is 14.0. The summed E-state index contributed by atoms with van der Waals surface area (Å²) in [7, 11) is 0. The minimum Gasteiger partial charge on any atom is -0.457 e. The molecule has 0 unspecified atom stereocenters. The maximum absolute atomic E-state index is 6.00. The van der Waals surface area contributed by atoms with Gasteiger partial charge in [0.15, 0.2) is 0 Å². The molecule has 21 heavy (non-hydrogen) atoms. The second-order valence-electron chi connectivity index (χ2n) is 5.77. The van der Waals surface area contributed by atoms with Crippen molar-refractivity contribution >= 4 is 15.9 Å². The summed E-state index contributed by atoms with van der Waals surface area (Å²) in [5, 5.41) is 3.54. The summed E-state index contributed by atoms with van der Waals surface area (Å²) in [5.41, 5.74) is 3.67. The number of hydrogen-bond donors (Lipinski definition) is 1. The Bertz CT molecular complexity index is 650. The fourth-order valence-electron chi connectivity index (χ4n) is 2.29. The first-order chi connectivity index (χ1) is 10.1. The maximum atomic E-state index is 6.00. The van der Waals surface area contributed by atoms with Crippen LogP contribution in [0.5, 0.6) is 11.5 Å². The Balaban J connectivity index is 1.70. The molecule has 0 aliphatic heterocycles. The van der Waals surface area contributed by atoms with Crippen molar-refractivity contribution in [3.63, 3.8) is 0 Å². The lowest BCUT2D eigenvalue weighted by Crippen LogP contribution is -2.15. The van der Waals surface area contributed by atoms with Crippen LogP contribution in [0.3, 0.4) is 0 Å². The molecular formula is C18H20BrNO. The van der Waals surface area contributed by atoms with Crippen LogP contribution in [0.1, 0.15) is 29.5 Å². The van der Waals surface area contributed by atoms with Gasteiger partial charge in [-0.3, -0.25) is 0 Å². The molecule has 0 amide bonds. The van der Waals surface area contributed by atoms with Crippen molar-refractivity contribution in [1.82, 2.24) is 5.32 Å². The van der Waals surface area contributed by atoms with E-state index in [4.69, 9.17) is 4.74 Å². The monoisotopic (exact) mass is 345 g/mol. The molecule has 1 N–H and O–H groups in total. The summed E-state index contributed by atoms with van der Waals surface area (Å²) in [5.74, 6) is 1.80. The van der Waals surface area contributed by atoms with Gasteiger partial charge in [0.2, 0.25) is 0 Å². The van der Waals surface area contributed by atoms with E-state index in [1.54, 1.807) is 0 Å². The fourth-order valence-corrected chi connectivity index (χ4v) is 2.54. The van der Waals surface area contributed by atoms with Crippen LogP contribution in [0.15, 0.2) is 40.9 Å². The number of hydrogen-bond acceptors (Lipinski definition) is 2. The van der Waals surface area contributed by atoms with Crippen molar-refractivity contribution in [1.29, 1.82) is 0 Å². The number of benzene rings is 2. The zero-order chi connectivity index (χ0) is 14.8. The van der Waals surface area contributed by atoms with E-state index in [0.29, 0.717) is 0 Å². The lowest BCUT2D eigenvalue weighted by molar-refractivity contribution is 0.478. The first-order valence-electron chi connectivity index (χ1n) is 7.39. The Morgan fingerprint density at radius 1 is 1.10 bits per heavy atom. The summed E-state index contributed by atoms with van der Waals surface area (Å²) in [4.78, 5) is 0. The van der Waals surface area contributed by atoms with E-state index in [2.05, 4.69) is 53.3 Å². The van der Waals surface area contributed by atoms with Gasteiger partial charge in [-0.1, -0.05) is 28.1 Å². The Morgan fingerprint density at radius 3 is 2.57 bits per heavy atom. The zero-order valence-electron chi connectivity index (χ0n) is 12.4. The van der Waals surface area contributed by atoms with Crippen molar-refractivity contribution in [2.45, 2.75) is 39.3 Å². The Labute approximate surface area is 134 Å². The molecule has 0 aromatic heterocycles. The molecule has 0 heterocycles. The standard InChI is InChI=1S/C18H20BrNO/c1-12-10-16(6-7-17(12)19)21-18-8-3-14(9-13(18)2)11-20-15-4-5-15/h3,6-10,15,20H,4-5,11H2,1-2H3. The molecular weight excluding hydrogens is 326 g/mol. The topological polar surface area (TPSA) is 21.3 Å². The van der Waals surface area contributed by atoms with Gasteiger partial charge >= 0.3 is 0 Å². The van der Waals surface area contributed by atoms with Crippen LogP contribution in [0.4, 0.5) is 0 Å². The SMILES string of the molecule is Cc1cc(Oc2ccc(CNC3CC3)cc2C)ccc1Br. The summed E-state index contributed by atoms with van der Waals surface area (Å²) in [6, 6.07) is 13.2. The highest BCUT2D eigenvalue weighted by atomic mass is 79.9. The first kappa shape index (κ1) is 14.6. The number of halogens is 1. The second kappa shape index (κ2) is 6.20. The van der Waals surface area contributed by atoms with Gasteiger partial charge in [0.05, 0.1) is 0 Å². The van der Waals surface area contributed by atoms with Gasteiger partial charge in [-0.25, -0.2) is 0 Å². The van der Waals surface area contributed by atoms with Crippen LogP contribution in [-0.4, -0.2) is 6.04 Å². The largest absolute Gasteiger partial charge is 0.457 e. The molecule has 1 aliphatic carbocycles. The maximum Gasteiger partial charge on any atom is 0.130 e. The van der Waals surface area contributed by atoms with Crippen molar-refractivity contribution in [3.8, 4) is 11.5 Å². The molecule has 0 bridgehead atoms. The molecule has 1 fully saturated rings. The van der Waals surface area contributed by atoms with Gasteiger partial charge in [0, 0.05) is 17.1 Å². The summed E-state index contributed by atoms with van der Waals surface area (Å²) >= 11 is 3.51. The molecule has 1 saturated carbocycles. The Kier molecular flexibility index (Phi) is 4.32. The third-order valence-corrected chi connectivity index (χ3v) is 4.66. The lowest BCUT2D eigenvalue weighted by Gasteiger charge is -2.12. The molecule has 0 spiro atoms. The Morgan fingerprint density at radius 2 is 1.90 bits per heavy atom. The van der Waals surface area contributed by atoms with Gasteiger partial charge in [0.1, 0.15) is 11.5 Å². The van der Waals surface area contributed by atoms with Gasteiger partial charge in [0.25, 0.3) is 0 Å². The highest BCUT2D eigenvalue weighted by Crippen LogP contribution is 2.29. The van der Waals surface area contributed by atoms with Crippen LogP contribution in [0.25, 0.3) is 0 Å². The van der Waals surface area contributed by atoms with Gasteiger partial charge in [-0.15, -0.1) is 0 Å². The van der Waals surface area contributed by atoms with Crippen LogP contribution >= 0.6 is 15.9 Å². The molecule has 0 radical (unpaired) electrons. The summed E-state index contributed by atoms with van der Waals surface area (Å²) < 4.78 is 7.10. The van der Waals surface area contributed by atoms with Crippen LogP contribution in [0, 0.1) is 13.8 Å². The molecule has 2 nitrogen and oxygen atoms in total. The molecule has 0 saturated heterocycles. The normalized spacial score (nSPS) is 14.2. The quantitative estimate of drug-likeness (QED) is 0.812. The molecule has 110 valence electrons. The minimum atomic E-state index is 0.743. The van der Waals surface area contributed by atoms with Gasteiger partial charge in [-0.05, 0) is 67.6 Å². The molecule has 2 aromatic carbocycles. The predicted octanol–water partition coefficient (Wildman–Crippen LogP) is 5.11. The van der Waals surface area contributed by atoms with Gasteiger partial charge in [-0.2, -0.15) is 0 Å². The third kappa shape index (κ3) is 3.86. The molecule has 0 atom stereocenters. The van der Waals surface area contributed by atoms with E-state index in [-0.39, 0.29) is 0 Å². The van der Waals surface area contributed by atoms with Crippen LogP contribution < -0.4 is 10.1 Å². The molecule has 2 aromatic rings. The van der Waals surface area contributed by atoms with Crippen LogP contribution in [0.2, 0.25) is 0 Å². The average molecular weight is 346 g/mol. The second-order valence-corrected chi connectivity index (χ2v) is 6.62. The molecule has 3 rings (SSSR count). The van der Waals surface area contributed by atoms with Crippen molar-refractivity contribution in [3.05, 3.63) is 57.6 Å². The fraction of sp³-hybridized carbons (Fsp3) is 0.333. The minimum absolute atomic E-state index is 0.743. The van der Waals surface area contributed by atoms with E-state index < -0.39 is 0 Å². The number of nitrogens with one attached hydrogen (secondary N) is 1. The van der Waals surface area contributed by atoms with Crippen LogP contribution in [-0.2, 0) is 6.54 Å². The highest BCUT2D eigenvalue weighted by Gasteiger charge is 2.19. The third-order valence-electron chi connectivity index (χ3n) is 3.77. The summed E-state index contributed by atoms with van der Waals surface area (Å²) in [6.07, 6.45) is 2.65. The average Bonchev–Trinajstić information content (AvgIpc) is 3.27. The van der Waals surface area contributed by atoms with E-state index in [1.165, 1.54) is 29.5 Å². The number of ether oxygens (including phenoxy) is 1. The highest BCUT2D eigenvalue weighted by molar-refractivity contribution is 9.10. The first-order valence-corrected chi connectivity index (χ1v) is 8.18. The Hall–Kier alpha value is -1.32. The number of rotatable bonds is 5.